The highest BCUT2D eigenvalue weighted by atomic mass is 32.2. The minimum Gasteiger partial charge on any atom is -0.479 e. The molecule has 0 radical (unpaired) electrons. The molecule has 0 spiro atoms. The van der Waals surface area contributed by atoms with Gasteiger partial charge in [0.15, 0.2) is 0 Å². The van der Waals surface area contributed by atoms with Gasteiger partial charge < -0.3 is 15.0 Å². The number of rotatable bonds is 3. The molecule has 1 atom stereocenters. The van der Waals surface area contributed by atoms with Gasteiger partial charge >= 0.3 is 5.97 Å². The molecule has 19 heavy (non-hydrogen) atoms. The van der Waals surface area contributed by atoms with Crippen molar-refractivity contribution in [2.45, 2.75) is 12.0 Å². The van der Waals surface area contributed by atoms with Crippen LogP contribution in [0, 0.1) is 0 Å². The van der Waals surface area contributed by atoms with Crippen LogP contribution in [0.3, 0.4) is 0 Å². The molecule has 1 saturated heterocycles. The van der Waals surface area contributed by atoms with Crippen molar-refractivity contribution in [1.29, 1.82) is 0 Å². The Hall–Kier alpha value is -1.76. The van der Waals surface area contributed by atoms with Crippen molar-refractivity contribution in [1.82, 2.24) is 9.88 Å². The van der Waals surface area contributed by atoms with Crippen LogP contribution < -0.4 is 10.9 Å². The van der Waals surface area contributed by atoms with E-state index in [0.29, 0.717) is 17.9 Å². The molecule has 1 aliphatic rings. The van der Waals surface area contributed by atoms with Crippen molar-refractivity contribution >= 4 is 23.6 Å². The summed E-state index contributed by atoms with van der Waals surface area (Å²) in [6.07, 6.45) is 1.87. The topological polar surface area (TPSA) is 88.4 Å². The molecule has 1 aromatic rings. The minimum absolute atomic E-state index is 0.181. The summed E-state index contributed by atoms with van der Waals surface area (Å²) in [5.41, 5.74) is -1.35. The lowest BCUT2D eigenvalue weighted by atomic mass is 9.98. The van der Waals surface area contributed by atoms with Crippen LogP contribution in [-0.4, -0.2) is 38.6 Å². The predicted octanol–water partition coefficient (Wildman–Crippen LogP) is 0.0754. The van der Waals surface area contributed by atoms with E-state index >= 15 is 0 Å². The number of nitrogens with zero attached hydrogens (tertiary/aromatic N) is 1. The van der Waals surface area contributed by atoms with Crippen molar-refractivity contribution in [3.05, 3.63) is 34.2 Å². The first-order valence-electron chi connectivity index (χ1n) is 5.75. The maximum Gasteiger partial charge on any atom is 0.330 e. The molecule has 1 fully saturated rings. The monoisotopic (exact) mass is 282 g/mol. The summed E-state index contributed by atoms with van der Waals surface area (Å²) >= 11 is 1.49. The quantitative estimate of drug-likeness (QED) is 0.819. The lowest BCUT2D eigenvalue weighted by molar-refractivity contribution is -0.143. The maximum absolute atomic E-state index is 12.0. The molecule has 2 heterocycles. The fourth-order valence-electron chi connectivity index (χ4n) is 1.86. The summed E-state index contributed by atoms with van der Waals surface area (Å²) < 4.78 is 1.34. The van der Waals surface area contributed by atoms with Crippen molar-refractivity contribution < 1.29 is 14.7 Å². The van der Waals surface area contributed by atoms with Gasteiger partial charge in [-0.05, 0) is 18.2 Å². The number of aryl methyl sites for hydroxylation is 1. The number of pyridine rings is 1. The van der Waals surface area contributed by atoms with Crippen LogP contribution in [0.5, 0.6) is 0 Å². The molecule has 1 amide bonds. The number of thioether (sulfide) groups is 1. The molecule has 1 aliphatic heterocycles. The van der Waals surface area contributed by atoms with Gasteiger partial charge in [0.1, 0.15) is 5.54 Å². The summed E-state index contributed by atoms with van der Waals surface area (Å²) in [6.45, 7) is 0. The number of hydrogen-bond donors (Lipinski definition) is 2. The third-order valence-corrected chi connectivity index (χ3v) is 4.34. The van der Waals surface area contributed by atoms with E-state index in [2.05, 4.69) is 5.32 Å². The Morgan fingerprint density at radius 1 is 1.53 bits per heavy atom. The van der Waals surface area contributed by atoms with Gasteiger partial charge in [0.05, 0.1) is 0 Å². The van der Waals surface area contributed by atoms with Crippen molar-refractivity contribution in [3.8, 4) is 0 Å². The van der Waals surface area contributed by atoms with E-state index in [1.54, 1.807) is 7.05 Å². The Balaban J connectivity index is 2.22. The average molecular weight is 282 g/mol. The molecule has 6 nitrogen and oxygen atoms in total. The van der Waals surface area contributed by atoms with Gasteiger partial charge in [-0.3, -0.25) is 9.59 Å². The number of carbonyl (C=O) groups excluding carboxylic acids is 1. The molecule has 2 N–H and O–H groups in total. The summed E-state index contributed by atoms with van der Waals surface area (Å²) in [6, 6.07) is 2.70. The van der Waals surface area contributed by atoms with E-state index in [9.17, 15) is 19.5 Å². The molecule has 1 aromatic heterocycles. The Labute approximate surface area is 113 Å². The third-order valence-electron chi connectivity index (χ3n) is 3.15. The van der Waals surface area contributed by atoms with Gasteiger partial charge in [-0.2, -0.15) is 11.8 Å². The molecular weight excluding hydrogens is 268 g/mol. The zero-order valence-corrected chi connectivity index (χ0v) is 11.2. The number of carbonyl (C=O) groups is 2. The molecule has 2 rings (SSSR count). The Morgan fingerprint density at radius 2 is 2.26 bits per heavy atom. The van der Waals surface area contributed by atoms with Crippen LogP contribution >= 0.6 is 11.8 Å². The summed E-state index contributed by atoms with van der Waals surface area (Å²) in [5, 5.41) is 11.8. The lowest BCUT2D eigenvalue weighted by Crippen LogP contribution is -2.54. The van der Waals surface area contributed by atoms with E-state index in [0.717, 1.165) is 0 Å². The van der Waals surface area contributed by atoms with Gasteiger partial charge in [-0.15, -0.1) is 0 Å². The number of aliphatic carboxylic acids is 1. The van der Waals surface area contributed by atoms with E-state index in [1.807, 2.05) is 0 Å². The van der Waals surface area contributed by atoms with E-state index in [4.69, 9.17) is 0 Å². The highest BCUT2D eigenvalue weighted by Gasteiger charge is 2.43. The molecule has 1 unspecified atom stereocenters. The summed E-state index contributed by atoms with van der Waals surface area (Å²) in [5.74, 6) is -0.514. The van der Waals surface area contributed by atoms with Crippen LogP contribution in [0.25, 0.3) is 0 Å². The SMILES string of the molecule is Cn1ccc(C(=O)NC2(C(=O)O)CCSC2)cc1=O. The summed E-state index contributed by atoms with van der Waals surface area (Å²) in [4.78, 5) is 34.8. The first kappa shape index (κ1) is 13.7. The number of hydrogen-bond acceptors (Lipinski definition) is 4. The third kappa shape index (κ3) is 2.65. The van der Waals surface area contributed by atoms with E-state index in [-0.39, 0.29) is 11.1 Å². The van der Waals surface area contributed by atoms with Crippen LogP contribution in [-0.2, 0) is 11.8 Å². The first-order valence-corrected chi connectivity index (χ1v) is 6.90. The Bertz CT molecular complexity index is 575. The minimum atomic E-state index is -1.22. The van der Waals surface area contributed by atoms with Crippen LogP contribution in [0.1, 0.15) is 16.8 Å². The molecule has 102 valence electrons. The number of aromatic nitrogens is 1. The lowest BCUT2D eigenvalue weighted by Gasteiger charge is -2.24. The number of carboxylic acids is 1. The van der Waals surface area contributed by atoms with Crippen LogP contribution in [0.2, 0.25) is 0 Å². The zero-order valence-electron chi connectivity index (χ0n) is 10.4. The molecule has 7 heteroatoms. The fraction of sp³-hybridized carbons (Fsp3) is 0.417. The second kappa shape index (κ2) is 5.08. The Morgan fingerprint density at radius 3 is 2.79 bits per heavy atom. The van der Waals surface area contributed by atoms with Crippen LogP contribution in [0.15, 0.2) is 23.1 Å². The number of carboxylic acid groups (broad SMARTS) is 1. The highest BCUT2D eigenvalue weighted by molar-refractivity contribution is 7.99. The highest BCUT2D eigenvalue weighted by Crippen LogP contribution is 2.28. The van der Waals surface area contributed by atoms with E-state index in [1.165, 1.54) is 34.7 Å². The zero-order chi connectivity index (χ0) is 14.0. The van der Waals surface area contributed by atoms with Gasteiger partial charge in [0, 0.05) is 30.6 Å². The van der Waals surface area contributed by atoms with Gasteiger partial charge in [-0.25, -0.2) is 4.79 Å². The first-order chi connectivity index (χ1) is 8.94. The van der Waals surface area contributed by atoms with Gasteiger partial charge in [0.25, 0.3) is 11.5 Å². The maximum atomic E-state index is 12.0. The molecule has 0 bridgehead atoms. The van der Waals surface area contributed by atoms with E-state index < -0.39 is 17.4 Å². The molecule has 0 aliphatic carbocycles. The second-order valence-corrected chi connectivity index (χ2v) is 5.61. The van der Waals surface area contributed by atoms with Crippen molar-refractivity contribution in [3.63, 3.8) is 0 Å². The summed E-state index contributed by atoms with van der Waals surface area (Å²) in [7, 11) is 1.58. The largest absolute Gasteiger partial charge is 0.479 e. The fourth-order valence-corrected chi connectivity index (χ4v) is 3.19. The van der Waals surface area contributed by atoms with Gasteiger partial charge in [-0.1, -0.05) is 0 Å². The van der Waals surface area contributed by atoms with Crippen molar-refractivity contribution in [2.75, 3.05) is 11.5 Å². The van der Waals surface area contributed by atoms with Crippen molar-refractivity contribution in [2.24, 2.45) is 7.05 Å². The average Bonchev–Trinajstić information content (AvgIpc) is 2.82. The molecule has 0 aromatic carbocycles. The second-order valence-electron chi connectivity index (χ2n) is 4.51. The normalized spacial score (nSPS) is 22.2. The number of nitrogens with one attached hydrogen (secondary N) is 1. The van der Waals surface area contributed by atoms with Crippen LogP contribution in [0.4, 0.5) is 0 Å². The Kier molecular flexibility index (Phi) is 3.66. The predicted molar refractivity (Wildman–Crippen MR) is 71.5 cm³/mol. The van der Waals surface area contributed by atoms with Gasteiger partial charge in [0.2, 0.25) is 0 Å². The smallest absolute Gasteiger partial charge is 0.330 e. The molecule has 0 saturated carbocycles. The number of amides is 1. The standard InChI is InChI=1S/C12H14N2O4S/c1-14-4-2-8(6-9(14)15)10(16)13-12(11(17)18)3-5-19-7-12/h2,4,6H,3,5,7H2,1H3,(H,13,16)(H,17,18). The molecular formula is C12H14N2O4S.